The normalized spacial score (nSPS) is 11.2. The summed E-state index contributed by atoms with van der Waals surface area (Å²) in [6, 6.07) is 15.8. The summed E-state index contributed by atoms with van der Waals surface area (Å²) in [7, 11) is 1.81. The van der Waals surface area contributed by atoms with E-state index in [1.54, 1.807) is 11.9 Å². The lowest BCUT2D eigenvalue weighted by atomic mass is 10.1. The largest absolute Gasteiger partial charge is 0.489 e. The zero-order chi connectivity index (χ0) is 17.0. The van der Waals surface area contributed by atoms with Crippen LogP contribution in [0.25, 0.3) is 0 Å². The first kappa shape index (κ1) is 19.2. The van der Waals surface area contributed by atoms with Gasteiger partial charge in [0.2, 0.25) is -0.565 Å². The molecule has 0 aromatic heterocycles. The van der Waals surface area contributed by atoms with Crippen LogP contribution in [0.3, 0.4) is 0 Å². The first-order valence-corrected chi connectivity index (χ1v) is 10.2. The summed E-state index contributed by atoms with van der Waals surface area (Å²) in [6.07, 6.45) is 0. The molecule has 0 N–H and O–H groups in total. The maximum Gasteiger partial charge on any atom is 0.262 e. The van der Waals surface area contributed by atoms with Gasteiger partial charge < -0.3 is 9.64 Å². The van der Waals surface area contributed by atoms with E-state index in [9.17, 15) is 4.79 Å². The Labute approximate surface area is 177 Å². The van der Waals surface area contributed by atoms with Crippen LogP contribution in [0.4, 0.5) is 5.69 Å². The fourth-order valence-electron chi connectivity index (χ4n) is 2.13. The Balaban J connectivity index is 2.21. The third kappa shape index (κ3) is 5.18. The minimum Gasteiger partial charge on any atom is -0.489 e. The van der Waals surface area contributed by atoms with Gasteiger partial charge >= 0.3 is 0 Å². The molecule has 2 rings (SSSR count). The summed E-state index contributed by atoms with van der Waals surface area (Å²) in [4.78, 5) is 14.2. The van der Waals surface area contributed by atoms with Crippen molar-refractivity contribution in [1.29, 1.82) is 0 Å². The molecule has 1 amide bonds. The van der Waals surface area contributed by atoms with Crippen LogP contribution in [0.15, 0.2) is 48.5 Å². The molecule has 0 unspecified atom stereocenters. The molecular weight excluding hydrogens is 631 g/mol. The van der Waals surface area contributed by atoms with Gasteiger partial charge in [-0.3, -0.25) is 4.79 Å². The smallest absolute Gasteiger partial charge is 0.262 e. The molecule has 0 fully saturated rings. The molecule has 0 aliphatic carbocycles. The summed E-state index contributed by atoms with van der Waals surface area (Å²) >= 11 is 6.43. The fourth-order valence-corrected chi connectivity index (χ4v) is 3.22. The summed E-state index contributed by atoms with van der Waals surface area (Å²) in [6.45, 7) is 2.45. The van der Waals surface area contributed by atoms with Gasteiger partial charge in [0.1, 0.15) is 12.4 Å². The van der Waals surface area contributed by atoms with Gasteiger partial charge in [-0.2, -0.15) is 0 Å². The van der Waals surface area contributed by atoms with E-state index in [1.165, 1.54) is 0 Å². The lowest BCUT2D eigenvalue weighted by molar-refractivity contribution is -0.116. The molecule has 3 nitrogen and oxygen atoms in total. The monoisotopic (exact) mass is 647 g/mol. The number of carbonyl (C=O) groups is 1. The minimum atomic E-state index is -0.508. The highest BCUT2D eigenvalue weighted by Crippen LogP contribution is 2.38. The van der Waals surface area contributed by atoms with E-state index in [1.807, 2.05) is 55.5 Å². The molecule has 23 heavy (non-hydrogen) atoms. The van der Waals surface area contributed by atoms with Crippen molar-refractivity contribution in [2.75, 3.05) is 11.9 Å². The molecule has 0 atom stereocenters. The lowest BCUT2D eigenvalue weighted by Crippen LogP contribution is -2.36. The van der Waals surface area contributed by atoms with E-state index in [-0.39, 0.29) is 5.91 Å². The third-order valence-electron chi connectivity index (χ3n) is 3.38. The number of para-hydroxylation sites is 2. The van der Waals surface area contributed by atoms with Crippen LogP contribution < -0.4 is 9.64 Å². The fraction of sp³-hybridized carbons (Fsp3) is 0.235. The van der Waals surface area contributed by atoms with Crippen molar-refractivity contribution < 1.29 is 9.53 Å². The molecular formula is C17H16I3NO2. The van der Waals surface area contributed by atoms with Crippen LogP contribution in [0.5, 0.6) is 5.75 Å². The maximum absolute atomic E-state index is 12.5. The van der Waals surface area contributed by atoms with Crippen molar-refractivity contribution >= 4 is 79.4 Å². The molecule has 0 spiro atoms. The van der Waals surface area contributed by atoms with Crippen LogP contribution in [-0.2, 0) is 11.4 Å². The standard InChI is InChI=1S/C17H16I3NO2/c1-12-7-3-6-10-15(12)23-11-13-8-4-5-9-14(13)21(2)16(22)17(18,19)20/h3-10H,11H2,1-2H3. The second-order valence-corrected chi connectivity index (χ2v) is 16.1. The summed E-state index contributed by atoms with van der Waals surface area (Å²) in [5, 5.41) is 0. The highest BCUT2D eigenvalue weighted by atomic mass is 127. The van der Waals surface area contributed by atoms with Gasteiger partial charge in [-0.1, -0.05) is 36.4 Å². The summed E-state index contributed by atoms with van der Waals surface area (Å²) in [5.41, 5.74) is 2.96. The van der Waals surface area contributed by atoms with E-state index >= 15 is 0 Å². The quantitative estimate of drug-likeness (QED) is 0.318. The summed E-state index contributed by atoms with van der Waals surface area (Å²) in [5.74, 6) is 0.907. The molecule has 0 radical (unpaired) electrons. The first-order valence-electron chi connectivity index (χ1n) is 6.92. The molecule has 0 saturated carbocycles. The number of amides is 1. The first-order chi connectivity index (χ1) is 10.8. The average molecular weight is 647 g/mol. The molecule has 0 heterocycles. The Kier molecular flexibility index (Phi) is 6.96. The van der Waals surface area contributed by atoms with Crippen LogP contribution in [0, 0.1) is 6.92 Å². The molecule has 0 aliphatic rings. The number of alkyl halides is 3. The Morgan fingerprint density at radius 2 is 1.70 bits per heavy atom. The van der Waals surface area contributed by atoms with Crippen LogP contribution in [0.2, 0.25) is 0 Å². The number of ether oxygens (including phenoxy) is 1. The number of carbonyl (C=O) groups excluding carboxylic acids is 1. The Morgan fingerprint density at radius 3 is 2.35 bits per heavy atom. The van der Waals surface area contributed by atoms with Gasteiger partial charge in [-0.05, 0) is 92.4 Å². The molecule has 122 valence electrons. The maximum atomic E-state index is 12.5. The SMILES string of the molecule is Cc1ccccc1OCc1ccccc1N(C)C(=O)C(I)(I)I. The van der Waals surface area contributed by atoms with Gasteiger partial charge in [-0.15, -0.1) is 0 Å². The summed E-state index contributed by atoms with van der Waals surface area (Å²) < 4.78 is 5.43. The predicted molar refractivity (Wildman–Crippen MR) is 120 cm³/mol. The number of nitrogens with zero attached hydrogens (tertiary/aromatic N) is 1. The van der Waals surface area contributed by atoms with Crippen molar-refractivity contribution in [2.24, 2.45) is 0 Å². The van der Waals surface area contributed by atoms with E-state index in [0.717, 1.165) is 22.6 Å². The van der Waals surface area contributed by atoms with Crippen molar-refractivity contribution in [1.82, 2.24) is 0 Å². The van der Waals surface area contributed by atoms with E-state index < -0.39 is -0.565 Å². The number of aryl methyl sites for hydroxylation is 1. The van der Waals surface area contributed by atoms with Gasteiger partial charge in [0.05, 0.1) is 0 Å². The second-order valence-electron chi connectivity index (χ2n) is 5.04. The Morgan fingerprint density at radius 1 is 1.09 bits per heavy atom. The molecule has 0 aliphatic heterocycles. The molecule has 2 aromatic rings. The number of halogens is 3. The number of rotatable bonds is 5. The molecule has 0 bridgehead atoms. The van der Waals surface area contributed by atoms with Crippen molar-refractivity contribution in [2.45, 2.75) is 13.0 Å². The minimum absolute atomic E-state index is 0.0441. The number of hydrogen-bond acceptors (Lipinski definition) is 2. The van der Waals surface area contributed by atoms with Crippen molar-refractivity contribution in [3.63, 3.8) is 0 Å². The Bertz CT molecular complexity index is 698. The number of hydrogen-bond donors (Lipinski definition) is 0. The van der Waals surface area contributed by atoms with Gasteiger partial charge in [0.25, 0.3) is 5.91 Å². The highest BCUT2D eigenvalue weighted by molar-refractivity contribution is 14.3. The number of anilines is 1. The van der Waals surface area contributed by atoms with Crippen molar-refractivity contribution in [3.05, 3.63) is 59.7 Å². The van der Waals surface area contributed by atoms with Crippen LogP contribution in [0.1, 0.15) is 11.1 Å². The molecule has 0 saturated heterocycles. The Hall–Kier alpha value is -0.1000. The van der Waals surface area contributed by atoms with E-state index in [2.05, 4.69) is 67.8 Å². The third-order valence-corrected chi connectivity index (χ3v) is 4.76. The van der Waals surface area contributed by atoms with Gasteiger partial charge in [0, 0.05) is 18.3 Å². The number of benzene rings is 2. The molecule has 2 aromatic carbocycles. The van der Waals surface area contributed by atoms with E-state index in [4.69, 9.17) is 4.74 Å². The highest BCUT2D eigenvalue weighted by Gasteiger charge is 2.32. The van der Waals surface area contributed by atoms with Crippen LogP contribution in [-0.4, -0.2) is 12.4 Å². The van der Waals surface area contributed by atoms with Gasteiger partial charge in [0.15, 0.2) is 0 Å². The zero-order valence-electron chi connectivity index (χ0n) is 12.7. The second kappa shape index (κ2) is 8.32. The van der Waals surface area contributed by atoms with Gasteiger partial charge in [-0.25, -0.2) is 0 Å². The topological polar surface area (TPSA) is 29.5 Å². The van der Waals surface area contributed by atoms with Crippen LogP contribution >= 0.6 is 67.8 Å². The molecule has 6 heteroatoms. The van der Waals surface area contributed by atoms with Crippen molar-refractivity contribution in [3.8, 4) is 5.75 Å². The predicted octanol–water partition coefficient (Wildman–Crippen LogP) is 5.50. The lowest BCUT2D eigenvalue weighted by Gasteiger charge is -2.25. The van der Waals surface area contributed by atoms with E-state index in [0.29, 0.717) is 6.61 Å². The average Bonchev–Trinajstić information content (AvgIpc) is 2.52. The zero-order valence-corrected chi connectivity index (χ0v) is 19.2.